The third-order valence-electron chi connectivity index (χ3n) is 4.61. The molecular weight excluding hydrogens is 380 g/mol. The lowest BCUT2D eigenvalue weighted by atomic mass is 10.1. The summed E-state index contributed by atoms with van der Waals surface area (Å²) in [5.74, 6) is 1.19. The summed E-state index contributed by atoms with van der Waals surface area (Å²) < 4.78 is 37.1. The average Bonchev–Trinajstić information content (AvgIpc) is 2.67. The molecule has 1 aromatic carbocycles. The number of nitrogens with one attached hydrogen (secondary N) is 1. The van der Waals surface area contributed by atoms with Crippen LogP contribution in [-0.2, 0) is 10.0 Å². The summed E-state index contributed by atoms with van der Waals surface area (Å²) in [4.78, 5) is 12.6. The fourth-order valence-electron chi connectivity index (χ4n) is 3.18. The summed E-state index contributed by atoms with van der Waals surface area (Å²) in [5, 5.41) is 3.01. The van der Waals surface area contributed by atoms with Crippen LogP contribution in [0.25, 0.3) is 0 Å². The van der Waals surface area contributed by atoms with Crippen molar-refractivity contribution in [1.29, 1.82) is 0 Å². The van der Waals surface area contributed by atoms with Gasteiger partial charge in [0.1, 0.15) is 0 Å². The van der Waals surface area contributed by atoms with Gasteiger partial charge in [-0.25, -0.2) is 12.7 Å². The molecule has 158 valence electrons. The predicted octanol–water partition coefficient (Wildman–Crippen LogP) is 2.81. The zero-order valence-corrected chi connectivity index (χ0v) is 17.9. The van der Waals surface area contributed by atoms with Crippen molar-refractivity contribution in [2.75, 3.05) is 32.1 Å². The largest absolute Gasteiger partial charge is 0.490 e. The highest BCUT2D eigenvalue weighted by Gasteiger charge is 2.28. The molecular formula is C20H32N2O5S. The number of sulfonamides is 1. The number of amides is 1. The van der Waals surface area contributed by atoms with Crippen LogP contribution in [0.5, 0.6) is 11.5 Å². The van der Waals surface area contributed by atoms with Gasteiger partial charge in [-0.15, -0.1) is 0 Å². The highest BCUT2D eigenvalue weighted by molar-refractivity contribution is 7.89. The van der Waals surface area contributed by atoms with E-state index in [1.54, 1.807) is 18.2 Å². The van der Waals surface area contributed by atoms with Crippen molar-refractivity contribution in [3.63, 3.8) is 0 Å². The van der Waals surface area contributed by atoms with Crippen LogP contribution in [0.4, 0.5) is 0 Å². The molecule has 1 aliphatic rings. The second-order valence-electron chi connectivity index (χ2n) is 6.91. The van der Waals surface area contributed by atoms with Crippen molar-refractivity contribution < 1.29 is 22.7 Å². The second kappa shape index (κ2) is 10.7. The van der Waals surface area contributed by atoms with Gasteiger partial charge in [0.2, 0.25) is 10.0 Å². The maximum absolute atomic E-state index is 12.6. The second-order valence-corrected chi connectivity index (χ2v) is 8.99. The molecule has 0 aromatic heterocycles. The average molecular weight is 413 g/mol. The van der Waals surface area contributed by atoms with Gasteiger partial charge in [-0.1, -0.05) is 13.8 Å². The van der Waals surface area contributed by atoms with Gasteiger partial charge in [-0.05, 0) is 50.8 Å². The Hall–Kier alpha value is -1.80. The Balaban J connectivity index is 1.97. The van der Waals surface area contributed by atoms with Crippen molar-refractivity contribution in [1.82, 2.24) is 9.62 Å². The first-order chi connectivity index (χ1) is 13.4. The number of carbonyl (C=O) groups is 1. The van der Waals surface area contributed by atoms with Crippen LogP contribution in [0.1, 0.15) is 56.8 Å². The Morgan fingerprint density at radius 2 is 1.82 bits per heavy atom. The zero-order chi connectivity index (χ0) is 20.6. The van der Waals surface area contributed by atoms with E-state index in [4.69, 9.17) is 9.47 Å². The van der Waals surface area contributed by atoms with Gasteiger partial charge < -0.3 is 14.8 Å². The van der Waals surface area contributed by atoms with Crippen LogP contribution in [0, 0.1) is 0 Å². The Morgan fingerprint density at radius 1 is 1.11 bits per heavy atom. The third-order valence-corrected chi connectivity index (χ3v) is 6.69. The van der Waals surface area contributed by atoms with Crippen LogP contribution in [0.2, 0.25) is 0 Å². The van der Waals surface area contributed by atoms with Gasteiger partial charge in [0.05, 0.1) is 19.0 Å². The topological polar surface area (TPSA) is 84.9 Å². The maximum atomic E-state index is 12.6. The fourth-order valence-corrected chi connectivity index (χ4v) is 4.72. The molecule has 1 aromatic rings. The minimum Gasteiger partial charge on any atom is -0.490 e. The molecule has 0 radical (unpaired) electrons. The fraction of sp³-hybridized carbons (Fsp3) is 0.650. The highest BCUT2D eigenvalue weighted by atomic mass is 32.2. The van der Waals surface area contributed by atoms with Crippen LogP contribution in [-0.4, -0.2) is 56.7 Å². The number of ether oxygens (including phenoxy) is 2. The Bertz CT molecular complexity index is 743. The molecule has 1 fully saturated rings. The van der Waals surface area contributed by atoms with Crippen molar-refractivity contribution >= 4 is 15.9 Å². The van der Waals surface area contributed by atoms with E-state index in [1.807, 2.05) is 20.8 Å². The highest BCUT2D eigenvalue weighted by Crippen LogP contribution is 2.29. The molecule has 1 amide bonds. The lowest BCUT2D eigenvalue weighted by Gasteiger charge is -2.31. The number of carbonyl (C=O) groups excluding carboxylic acids is 1. The van der Waals surface area contributed by atoms with Gasteiger partial charge in [0.15, 0.2) is 11.5 Å². The number of hydrogen-bond donors (Lipinski definition) is 1. The molecule has 7 nitrogen and oxygen atoms in total. The standard InChI is InChI=1S/C20H32N2O5S/c1-4-13-27-18-8-7-16(15-19(18)26-6-3)20(23)21-17-9-11-22(12-10-17)28(24,25)14-5-2/h7-8,15,17H,4-6,9-14H2,1-3H3,(H,21,23). The molecule has 1 aliphatic heterocycles. The number of piperidine rings is 1. The minimum absolute atomic E-state index is 0.0351. The number of nitrogens with zero attached hydrogens (tertiary/aromatic N) is 1. The van der Waals surface area contributed by atoms with E-state index < -0.39 is 10.0 Å². The predicted molar refractivity (Wildman–Crippen MR) is 110 cm³/mol. The summed E-state index contributed by atoms with van der Waals surface area (Å²) in [6.45, 7) is 7.74. The first-order valence-corrected chi connectivity index (χ1v) is 11.7. The summed E-state index contributed by atoms with van der Waals surface area (Å²) in [5.41, 5.74) is 0.508. The van der Waals surface area contributed by atoms with Crippen molar-refractivity contribution in [2.24, 2.45) is 0 Å². The molecule has 0 unspecified atom stereocenters. The SMILES string of the molecule is CCCOc1ccc(C(=O)NC2CCN(S(=O)(=O)CCC)CC2)cc1OCC. The molecule has 0 bridgehead atoms. The number of rotatable bonds is 10. The minimum atomic E-state index is -3.17. The number of benzene rings is 1. The molecule has 1 saturated heterocycles. The van der Waals surface area contributed by atoms with E-state index >= 15 is 0 Å². The molecule has 8 heteroatoms. The van der Waals surface area contributed by atoms with Gasteiger partial charge in [-0.2, -0.15) is 0 Å². The molecule has 0 aliphatic carbocycles. The maximum Gasteiger partial charge on any atom is 0.251 e. The summed E-state index contributed by atoms with van der Waals surface area (Å²) >= 11 is 0. The molecule has 28 heavy (non-hydrogen) atoms. The quantitative estimate of drug-likeness (QED) is 0.639. The number of hydrogen-bond acceptors (Lipinski definition) is 5. The van der Waals surface area contributed by atoms with Crippen LogP contribution in [0.15, 0.2) is 18.2 Å². The van der Waals surface area contributed by atoms with E-state index in [0.717, 1.165) is 6.42 Å². The van der Waals surface area contributed by atoms with Crippen molar-refractivity contribution in [2.45, 2.75) is 52.5 Å². The first kappa shape index (κ1) is 22.5. The summed E-state index contributed by atoms with van der Waals surface area (Å²) in [7, 11) is -3.17. The van der Waals surface area contributed by atoms with Gasteiger partial charge in [-0.3, -0.25) is 4.79 Å². The molecule has 0 atom stereocenters. The molecule has 1 N–H and O–H groups in total. The van der Waals surface area contributed by atoms with Gasteiger partial charge >= 0.3 is 0 Å². The Kier molecular flexibility index (Phi) is 8.57. The summed E-state index contributed by atoms with van der Waals surface area (Å²) in [6, 6.07) is 5.15. The summed E-state index contributed by atoms with van der Waals surface area (Å²) in [6.07, 6.45) is 2.73. The van der Waals surface area contributed by atoms with E-state index in [9.17, 15) is 13.2 Å². The molecule has 0 spiro atoms. The lowest BCUT2D eigenvalue weighted by molar-refractivity contribution is 0.0923. The van der Waals surface area contributed by atoms with Crippen LogP contribution in [0.3, 0.4) is 0 Å². The molecule has 2 rings (SSSR count). The Labute approximate surface area is 168 Å². The van der Waals surface area contributed by atoms with Crippen LogP contribution >= 0.6 is 0 Å². The zero-order valence-electron chi connectivity index (χ0n) is 17.1. The van der Waals surface area contributed by atoms with Gasteiger partial charge in [0, 0.05) is 24.7 Å². The van der Waals surface area contributed by atoms with Crippen molar-refractivity contribution in [3.8, 4) is 11.5 Å². The van der Waals surface area contributed by atoms with E-state index in [2.05, 4.69) is 5.32 Å². The molecule has 0 saturated carbocycles. The lowest BCUT2D eigenvalue weighted by Crippen LogP contribution is -2.47. The normalized spacial score (nSPS) is 16.0. The van der Waals surface area contributed by atoms with E-state index in [-0.39, 0.29) is 17.7 Å². The third kappa shape index (κ3) is 6.10. The van der Waals surface area contributed by atoms with Crippen LogP contribution < -0.4 is 14.8 Å². The van der Waals surface area contributed by atoms with E-state index in [1.165, 1.54) is 4.31 Å². The monoisotopic (exact) mass is 412 g/mol. The molecule has 1 heterocycles. The van der Waals surface area contributed by atoms with Crippen molar-refractivity contribution in [3.05, 3.63) is 23.8 Å². The van der Waals surface area contributed by atoms with E-state index in [0.29, 0.717) is 62.6 Å². The smallest absolute Gasteiger partial charge is 0.251 e. The first-order valence-electron chi connectivity index (χ1n) is 10.1. The van der Waals surface area contributed by atoms with Gasteiger partial charge in [0.25, 0.3) is 5.91 Å². The Morgan fingerprint density at radius 3 is 2.43 bits per heavy atom.